The summed E-state index contributed by atoms with van der Waals surface area (Å²) < 4.78 is 5.23. The van der Waals surface area contributed by atoms with E-state index in [1.807, 2.05) is 13.8 Å². The molecule has 0 aliphatic carbocycles. The topological polar surface area (TPSA) is 54.3 Å². The molecule has 0 bridgehead atoms. The van der Waals surface area contributed by atoms with Crippen LogP contribution in [-0.4, -0.2) is 25.0 Å². The second-order valence-electron chi connectivity index (χ2n) is 4.37. The van der Waals surface area contributed by atoms with Crippen LogP contribution < -0.4 is 10.6 Å². The number of piperidine rings is 1. The Labute approximate surface area is 95.4 Å². The molecule has 4 nitrogen and oxygen atoms in total. The molecule has 0 saturated carbocycles. The van der Waals surface area contributed by atoms with E-state index in [-0.39, 0.29) is 11.9 Å². The van der Waals surface area contributed by atoms with E-state index in [4.69, 9.17) is 4.42 Å². The monoisotopic (exact) mass is 222 g/mol. The molecule has 2 N–H and O–H groups in total. The van der Waals surface area contributed by atoms with Gasteiger partial charge in [-0.2, -0.15) is 0 Å². The molecule has 1 fully saturated rings. The summed E-state index contributed by atoms with van der Waals surface area (Å²) in [5.41, 5.74) is 1.59. The van der Waals surface area contributed by atoms with Crippen molar-refractivity contribution in [2.24, 2.45) is 0 Å². The number of furan rings is 1. The molecule has 1 aromatic rings. The summed E-state index contributed by atoms with van der Waals surface area (Å²) in [6, 6.07) is 0.245. The van der Waals surface area contributed by atoms with Crippen molar-refractivity contribution in [2.45, 2.75) is 32.7 Å². The minimum atomic E-state index is -0.0162. The highest BCUT2D eigenvalue weighted by atomic mass is 16.3. The average Bonchev–Trinajstić information content (AvgIpc) is 2.60. The van der Waals surface area contributed by atoms with Crippen LogP contribution >= 0.6 is 0 Å². The predicted octanol–water partition coefficient (Wildman–Crippen LogP) is 1.38. The molecule has 0 aromatic carbocycles. The Hall–Kier alpha value is -1.29. The van der Waals surface area contributed by atoms with Crippen molar-refractivity contribution in [3.05, 3.63) is 23.2 Å². The largest absolute Gasteiger partial charge is 0.469 e. The maximum atomic E-state index is 12.0. The molecule has 1 aromatic heterocycles. The van der Waals surface area contributed by atoms with Gasteiger partial charge in [0.05, 0.1) is 11.8 Å². The second kappa shape index (κ2) is 4.70. The lowest BCUT2D eigenvalue weighted by molar-refractivity contribution is 0.0928. The fourth-order valence-corrected chi connectivity index (χ4v) is 2.14. The Kier molecular flexibility index (Phi) is 3.29. The van der Waals surface area contributed by atoms with Crippen LogP contribution in [0, 0.1) is 13.8 Å². The quantitative estimate of drug-likeness (QED) is 0.794. The molecule has 0 spiro atoms. The zero-order valence-corrected chi connectivity index (χ0v) is 9.80. The van der Waals surface area contributed by atoms with Crippen molar-refractivity contribution < 1.29 is 9.21 Å². The lowest BCUT2D eigenvalue weighted by atomic mass is 10.1. The van der Waals surface area contributed by atoms with Gasteiger partial charge < -0.3 is 15.1 Å². The van der Waals surface area contributed by atoms with E-state index >= 15 is 0 Å². The zero-order chi connectivity index (χ0) is 11.5. The molecular formula is C12H18N2O2. The second-order valence-corrected chi connectivity index (χ2v) is 4.37. The van der Waals surface area contributed by atoms with Crippen LogP contribution in [0.2, 0.25) is 0 Å². The van der Waals surface area contributed by atoms with Gasteiger partial charge in [0.2, 0.25) is 0 Å². The minimum Gasteiger partial charge on any atom is -0.469 e. The third kappa shape index (κ3) is 2.27. The molecule has 1 atom stereocenters. The van der Waals surface area contributed by atoms with Crippen molar-refractivity contribution in [1.82, 2.24) is 10.6 Å². The van der Waals surface area contributed by atoms with Gasteiger partial charge in [0, 0.05) is 18.2 Å². The van der Waals surface area contributed by atoms with Gasteiger partial charge in [0.25, 0.3) is 5.91 Å². The van der Waals surface area contributed by atoms with Crippen LogP contribution in [0.1, 0.15) is 34.5 Å². The van der Waals surface area contributed by atoms with Crippen LogP contribution in [0.5, 0.6) is 0 Å². The number of aryl methyl sites for hydroxylation is 2. The van der Waals surface area contributed by atoms with Crippen LogP contribution in [0.4, 0.5) is 0 Å². The van der Waals surface area contributed by atoms with E-state index in [0.29, 0.717) is 11.3 Å². The molecule has 1 saturated heterocycles. The van der Waals surface area contributed by atoms with E-state index in [1.165, 1.54) is 0 Å². The summed E-state index contributed by atoms with van der Waals surface area (Å²) in [6.45, 7) is 5.63. The lowest BCUT2D eigenvalue weighted by Gasteiger charge is -2.23. The molecule has 0 radical (unpaired) electrons. The Bertz CT molecular complexity index is 359. The van der Waals surface area contributed by atoms with E-state index in [1.54, 1.807) is 6.26 Å². The summed E-state index contributed by atoms with van der Waals surface area (Å²) in [7, 11) is 0. The summed E-state index contributed by atoms with van der Waals surface area (Å²) in [4.78, 5) is 12.0. The number of nitrogens with one attached hydrogen (secondary N) is 2. The number of carbonyl (C=O) groups excluding carboxylic acids is 1. The molecule has 16 heavy (non-hydrogen) atoms. The van der Waals surface area contributed by atoms with Crippen molar-refractivity contribution in [3.63, 3.8) is 0 Å². The molecule has 1 aliphatic rings. The zero-order valence-electron chi connectivity index (χ0n) is 9.80. The SMILES string of the molecule is Cc1coc(C)c1C(=O)NC1CCCNC1. The van der Waals surface area contributed by atoms with Crippen molar-refractivity contribution in [3.8, 4) is 0 Å². The first-order valence-electron chi connectivity index (χ1n) is 5.74. The van der Waals surface area contributed by atoms with E-state index in [0.717, 1.165) is 31.5 Å². The highest BCUT2D eigenvalue weighted by Gasteiger charge is 2.20. The molecule has 88 valence electrons. The maximum Gasteiger partial charge on any atom is 0.255 e. The van der Waals surface area contributed by atoms with Crippen LogP contribution in [-0.2, 0) is 0 Å². The standard InChI is InChI=1S/C12H18N2O2/c1-8-7-16-9(2)11(8)12(15)14-10-4-3-5-13-6-10/h7,10,13H,3-6H2,1-2H3,(H,14,15). The Morgan fingerprint density at radius 3 is 2.94 bits per heavy atom. The Morgan fingerprint density at radius 2 is 2.38 bits per heavy atom. The highest BCUT2D eigenvalue weighted by Crippen LogP contribution is 2.15. The first-order valence-corrected chi connectivity index (χ1v) is 5.74. The third-order valence-corrected chi connectivity index (χ3v) is 3.02. The first-order chi connectivity index (χ1) is 7.68. The molecular weight excluding hydrogens is 204 g/mol. The van der Waals surface area contributed by atoms with Crippen LogP contribution in [0.25, 0.3) is 0 Å². The molecule has 2 rings (SSSR count). The fourth-order valence-electron chi connectivity index (χ4n) is 2.14. The molecule has 1 unspecified atom stereocenters. The molecule has 1 amide bonds. The van der Waals surface area contributed by atoms with Crippen LogP contribution in [0.3, 0.4) is 0 Å². The summed E-state index contributed by atoms with van der Waals surface area (Å²) in [5.74, 6) is 0.677. The maximum absolute atomic E-state index is 12.0. The van der Waals surface area contributed by atoms with Gasteiger partial charge >= 0.3 is 0 Å². The Balaban J connectivity index is 2.02. The van der Waals surface area contributed by atoms with Crippen molar-refractivity contribution in [1.29, 1.82) is 0 Å². The normalized spacial score (nSPS) is 20.8. The number of rotatable bonds is 2. The van der Waals surface area contributed by atoms with Crippen molar-refractivity contribution in [2.75, 3.05) is 13.1 Å². The summed E-state index contributed by atoms with van der Waals surface area (Å²) >= 11 is 0. The average molecular weight is 222 g/mol. The number of hydrogen-bond acceptors (Lipinski definition) is 3. The summed E-state index contributed by atoms with van der Waals surface area (Å²) in [6.07, 6.45) is 3.80. The van der Waals surface area contributed by atoms with Gasteiger partial charge in [-0.05, 0) is 33.2 Å². The third-order valence-electron chi connectivity index (χ3n) is 3.02. The smallest absolute Gasteiger partial charge is 0.255 e. The van der Waals surface area contributed by atoms with Gasteiger partial charge in [-0.1, -0.05) is 0 Å². The van der Waals surface area contributed by atoms with E-state index in [2.05, 4.69) is 10.6 Å². The number of hydrogen-bond donors (Lipinski definition) is 2. The molecule has 2 heterocycles. The highest BCUT2D eigenvalue weighted by molar-refractivity contribution is 5.96. The summed E-state index contributed by atoms with van der Waals surface area (Å²) in [5, 5.41) is 6.32. The Morgan fingerprint density at radius 1 is 1.56 bits per heavy atom. The van der Waals surface area contributed by atoms with Gasteiger partial charge in [0.15, 0.2) is 0 Å². The van der Waals surface area contributed by atoms with E-state index in [9.17, 15) is 4.79 Å². The molecule has 4 heteroatoms. The lowest BCUT2D eigenvalue weighted by Crippen LogP contribution is -2.45. The van der Waals surface area contributed by atoms with E-state index < -0.39 is 0 Å². The van der Waals surface area contributed by atoms with Crippen LogP contribution in [0.15, 0.2) is 10.7 Å². The number of carbonyl (C=O) groups is 1. The fraction of sp³-hybridized carbons (Fsp3) is 0.583. The van der Waals surface area contributed by atoms with Crippen molar-refractivity contribution >= 4 is 5.91 Å². The predicted molar refractivity (Wildman–Crippen MR) is 61.5 cm³/mol. The first kappa shape index (κ1) is 11.2. The van der Waals surface area contributed by atoms with Gasteiger partial charge in [0.1, 0.15) is 5.76 Å². The minimum absolute atomic E-state index is 0.0162. The van der Waals surface area contributed by atoms with Gasteiger partial charge in [-0.25, -0.2) is 0 Å². The van der Waals surface area contributed by atoms with Gasteiger partial charge in [-0.3, -0.25) is 4.79 Å². The number of amides is 1. The molecule has 1 aliphatic heterocycles. The van der Waals surface area contributed by atoms with Gasteiger partial charge in [-0.15, -0.1) is 0 Å².